The van der Waals surface area contributed by atoms with Gasteiger partial charge in [0.25, 0.3) is 0 Å². The second-order valence-electron chi connectivity index (χ2n) is 4.52. The molecule has 0 saturated heterocycles. The van der Waals surface area contributed by atoms with Crippen molar-refractivity contribution in [3.8, 4) is 0 Å². The summed E-state index contributed by atoms with van der Waals surface area (Å²) in [5.41, 5.74) is 6.33. The van der Waals surface area contributed by atoms with Gasteiger partial charge in [-0.05, 0) is 24.1 Å². The number of nitrogens with one attached hydrogen (secondary N) is 2. The number of hydrogen-bond acceptors (Lipinski definition) is 4. The van der Waals surface area contributed by atoms with Crippen molar-refractivity contribution >= 4 is 15.9 Å². The fourth-order valence-corrected chi connectivity index (χ4v) is 2.93. The van der Waals surface area contributed by atoms with E-state index in [2.05, 4.69) is 10.0 Å². The molecule has 0 aromatic heterocycles. The lowest BCUT2D eigenvalue weighted by Gasteiger charge is -2.15. The van der Waals surface area contributed by atoms with Crippen LogP contribution in [0.4, 0.5) is 0 Å². The van der Waals surface area contributed by atoms with Crippen LogP contribution in [-0.4, -0.2) is 26.9 Å². The Hall–Kier alpha value is -1.44. The van der Waals surface area contributed by atoms with E-state index in [0.717, 1.165) is 5.56 Å². The first-order valence-corrected chi connectivity index (χ1v) is 7.93. The van der Waals surface area contributed by atoms with E-state index in [9.17, 15) is 13.2 Å². The number of hydrogen-bond donors (Lipinski definition) is 3. The van der Waals surface area contributed by atoms with Crippen LogP contribution in [0, 0.1) is 0 Å². The summed E-state index contributed by atoms with van der Waals surface area (Å²) < 4.78 is 26.8. The highest BCUT2D eigenvalue weighted by Gasteiger charge is 2.17. The van der Waals surface area contributed by atoms with Crippen LogP contribution in [0.2, 0.25) is 0 Å². The van der Waals surface area contributed by atoms with Gasteiger partial charge in [-0.3, -0.25) is 4.79 Å². The molecule has 0 radical (unpaired) electrons. The third-order valence-corrected chi connectivity index (χ3v) is 4.41. The van der Waals surface area contributed by atoms with Gasteiger partial charge in [-0.2, -0.15) is 0 Å². The number of benzene rings is 1. The first-order chi connectivity index (χ1) is 9.39. The zero-order valence-corrected chi connectivity index (χ0v) is 12.5. The van der Waals surface area contributed by atoms with Gasteiger partial charge < -0.3 is 11.1 Å². The van der Waals surface area contributed by atoms with Gasteiger partial charge in [0, 0.05) is 26.1 Å². The van der Waals surface area contributed by atoms with E-state index >= 15 is 0 Å². The smallest absolute Gasteiger partial charge is 0.240 e. The lowest BCUT2D eigenvalue weighted by molar-refractivity contribution is -0.119. The van der Waals surface area contributed by atoms with E-state index in [-0.39, 0.29) is 23.4 Å². The largest absolute Gasteiger partial charge is 0.352 e. The van der Waals surface area contributed by atoms with Gasteiger partial charge in [0.15, 0.2) is 0 Å². The first-order valence-electron chi connectivity index (χ1n) is 6.44. The summed E-state index contributed by atoms with van der Waals surface area (Å²) in [6, 6.07) is 6.12. The molecule has 1 amide bonds. The molecule has 1 aromatic carbocycles. The molecule has 0 heterocycles. The Morgan fingerprint density at radius 3 is 2.35 bits per heavy atom. The normalized spacial score (nSPS) is 12.9. The Morgan fingerprint density at radius 1 is 1.30 bits per heavy atom. The van der Waals surface area contributed by atoms with Crippen molar-refractivity contribution in [1.82, 2.24) is 10.0 Å². The Morgan fingerprint density at radius 2 is 1.90 bits per heavy atom. The summed E-state index contributed by atoms with van der Waals surface area (Å²) in [5, 5.41) is 2.65. The van der Waals surface area contributed by atoms with Crippen LogP contribution in [0.5, 0.6) is 0 Å². The highest BCUT2D eigenvalue weighted by atomic mass is 32.2. The molecule has 0 fully saturated rings. The van der Waals surface area contributed by atoms with E-state index in [1.54, 1.807) is 12.1 Å². The van der Waals surface area contributed by atoms with Gasteiger partial charge in [0.2, 0.25) is 15.9 Å². The molecule has 6 nitrogen and oxygen atoms in total. The number of nitrogens with two attached hydrogens (primary N) is 1. The van der Waals surface area contributed by atoms with E-state index in [1.165, 1.54) is 19.1 Å². The van der Waals surface area contributed by atoms with Gasteiger partial charge in [-0.1, -0.05) is 19.1 Å². The topological polar surface area (TPSA) is 101 Å². The molecular formula is C13H21N3O3S. The molecule has 20 heavy (non-hydrogen) atoms. The van der Waals surface area contributed by atoms with Gasteiger partial charge in [0.1, 0.15) is 0 Å². The predicted octanol–water partition coefficient (Wildman–Crippen LogP) is 0.338. The average Bonchev–Trinajstić information content (AvgIpc) is 2.43. The molecule has 4 N–H and O–H groups in total. The summed E-state index contributed by atoms with van der Waals surface area (Å²) >= 11 is 0. The van der Waals surface area contributed by atoms with Crippen molar-refractivity contribution in [2.24, 2.45) is 5.73 Å². The molecule has 0 aliphatic heterocycles. The van der Waals surface area contributed by atoms with Crippen LogP contribution >= 0.6 is 0 Å². The SMILES string of the molecule is CCC(CN)NS(=O)(=O)c1ccc(CNC(C)=O)cc1. The highest BCUT2D eigenvalue weighted by molar-refractivity contribution is 7.89. The van der Waals surface area contributed by atoms with Crippen LogP contribution in [-0.2, 0) is 21.4 Å². The van der Waals surface area contributed by atoms with Crippen molar-refractivity contribution in [2.45, 2.75) is 37.8 Å². The number of carbonyl (C=O) groups excluding carboxylic acids is 1. The lowest BCUT2D eigenvalue weighted by Crippen LogP contribution is -2.39. The Kier molecular flexibility index (Phi) is 6.12. The molecule has 0 saturated carbocycles. The fraction of sp³-hybridized carbons (Fsp3) is 0.462. The second kappa shape index (κ2) is 7.37. The number of carbonyl (C=O) groups is 1. The Bertz CT molecular complexity index is 536. The van der Waals surface area contributed by atoms with Crippen LogP contribution in [0.25, 0.3) is 0 Å². The van der Waals surface area contributed by atoms with Crippen molar-refractivity contribution in [2.75, 3.05) is 6.54 Å². The molecule has 112 valence electrons. The summed E-state index contributed by atoms with van der Waals surface area (Å²) in [7, 11) is -3.55. The van der Waals surface area contributed by atoms with Gasteiger partial charge in [-0.25, -0.2) is 13.1 Å². The van der Waals surface area contributed by atoms with Crippen LogP contribution < -0.4 is 15.8 Å². The third-order valence-electron chi connectivity index (χ3n) is 2.87. The minimum absolute atomic E-state index is 0.128. The van der Waals surface area contributed by atoms with Gasteiger partial charge in [-0.15, -0.1) is 0 Å². The average molecular weight is 299 g/mol. The molecule has 1 atom stereocenters. The molecule has 0 aliphatic carbocycles. The molecule has 1 aromatic rings. The number of sulfonamides is 1. The molecule has 1 rings (SSSR count). The van der Waals surface area contributed by atoms with E-state index in [4.69, 9.17) is 5.73 Å². The highest BCUT2D eigenvalue weighted by Crippen LogP contribution is 2.11. The summed E-state index contributed by atoms with van der Waals surface area (Å²) in [6.07, 6.45) is 0.635. The van der Waals surface area contributed by atoms with E-state index in [1.807, 2.05) is 6.92 Å². The lowest BCUT2D eigenvalue weighted by atomic mass is 10.2. The quantitative estimate of drug-likeness (QED) is 0.675. The zero-order valence-electron chi connectivity index (χ0n) is 11.7. The fourth-order valence-electron chi connectivity index (χ4n) is 1.60. The van der Waals surface area contributed by atoms with Crippen LogP contribution in [0.1, 0.15) is 25.8 Å². The molecule has 7 heteroatoms. The minimum atomic E-state index is -3.55. The molecular weight excluding hydrogens is 278 g/mol. The number of rotatable bonds is 7. The summed E-state index contributed by atoms with van der Waals surface area (Å²) in [4.78, 5) is 11.0. The van der Waals surface area contributed by atoms with Gasteiger partial charge >= 0.3 is 0 Å². The molecule has 0 spiro atoms. The first kappa shape index (κ1) is 16.6. The van der Waals surface area contributed by atoms with E-state index < -0.39 is 10.0 Å². The Labute approximate surface area is 119 Å². The second-order valence-corrected chi connectivity index (χ2v) is 6.23. The van der Waals surface area contributed by atoms with Crippen LogP contribution in [0.15, 0.2) is 29.2 Å². The van der Waals surface area contributed by atoms with Gasteiger partial charge in [0.05, 0.1) is 4.90 Å². The van der Waals surface area contributed by atoms with Crippen LogP contribution in [0.3, 0.4) is 0 Å². The maximum absolute atomic E-state index is 12.1. The Balaban J connectivity index is 2.78. The zero-order chi connectivity index (χ0) is 15.2. The standard InChI is InChI=1S/C13H21N3O3S/c1-3-12(8-14)16-20(18,19)13-6-4-11(5-7-13)9-15-10(2)17/h4-7,12,16H,3,8-9,14H2,1-2H3,(H,15,17). The molecule has 1 unspecified atom stereocenters. The van der Waals surface area contributed by atoms with Crippen molar-refractivity contribution in [3.63, 3.8) is 0 Å². The predicted molar refractivity (Wildman–Crippen MR) is 77.4 cm³/mol. The monoisotopic (exact) mass is 299 g/mol. The summed E-state index contributed by atoms with van der Waals surface area (Å²) in [6.45, 7) is 3.94. The maximum Gasteiger partial charge on any atom is 0.240 e. The molecule has 0 aliphatic rings. The molecule has 0 bridgehead atoms. The van der Waals surface area contributed by atoms with E-state index in [0.29, 0.717) is 13.0 Å². The van der Waals surface area contributed by atoms with Crippen molar-refractivity contribution in [3.05, 3.63) is 29.8 Å². The minimum Gasteiger partial charge on any atom is -0.352 e. The van der Waals surface area contributed by atoms with Crippen molar-refractivity contribution < 1.29 is 13.2 Å². The third kappa shape index (κ3) is 4.92. The number of amides is 1. The van der Waals surface area contributed by atoms with Crippen molar-refractivity contribution in [1.29, 1.82) is 0 Å². The maximum atomic E-state index is 12.1. The summed E-state index contributed by atoms with van der Waals surface area (Å²) in [5.74, 6) is -0.128.